The number of piperazine rings is 1. The third-order valence-electron chi connectivity index (χ3n) is 4.55. The summed E-state index contributed by atoms with van der Waals surface area (Å²) in [5, 5.41) is 5.87. The maximum absolute atomic E-state index is 11.6. The molecule has 0 amide bonds. The zero-order chi connectivity index (χ0) is 22.6. The van der Waals surface area contributed by atoms with E-state index in [0.29, 0.717) is 45.0 Å². The van der Waals surface area contributed by atoms with E-state index in [4.69, 9.17) is 10.3 Å². The Morgan fingerprint density at radius 3 is 2.39 bits per heavy atom. The Kier molecular flexibility index (Phi) is 6.90. The topological polar surface area (TPSA) is 184 Å². The van der Waals surface area contributed by atoms with E-state index < -0.39 is 20.1 Å². The van der Waals surface area contributed by atoms with Crippen LogP contribution in [0.15, 0.2) is 29.2 Å². The minimum Gasteiger partial charge on any atom is -0.368 e. The van der Waals surface area contributed by atoms with Crippen molar-refractivity contribution in [3.63, 3.8) is 0 Å². The van der Waals surface area contributed by atoms with Gasteiger partial charge in [0.25, 0.3) is 10.1 Å². The standard InChI is InChI=1S/C16H24N8O5S2/c1-30(25,26)24-9-7-23(8-10-24)6-5-18-15-20-14(17)21-16(22-15)19-12-3-2-4-13(11-12)31(27,28)29/h2-4,11H,5-10H2,1H3,(H,27,28,29)(H4,17,18,19,20,21,22). The Labute approximate surface area is 180 Å². The lowest BCUT2D eigenvalue weighted by Gasteiger charge is -2.33. The van der Waals surface area contributed by atoms with Crippen molar-refractivity contribution in [1.82, 2.24) is 24.2 Å². The summed E-state index contributed by atoms with van der Waals surface area (Å²) in [5.41, 5.74) is 6.07. The second kappa shape index (κ2) is 9.27. The molecule has 0 spiro atoms. The van der Waals surface area contributed by atoms with Crippen molar-refractivity contribution in [2.45, 2.75) is 4.90 Å². The maximum atomic E-state index is 11.6. The summed E-state index contributed by atoms with van der Waals surface area (Å²) in [6, 6.07) is 5.53. The van der Waals surface area contributed by atoms with E-state index in [1.165, 1.54) is 28.8 Å². The van der Waals surface area contributed by atoms with Crippen molar-refractivity contribution in [2.24, 2.45) is 0 Å². The molecule has 0 unspecified atom stereocenters. The Morgan fingerprint density at radius 2 is 1.74 bits per heavy atom. The Morgan fingerprint density at radius 1 is 1.06 bits per heavy atom. The molecule has 1 aliphatic rings. The molecule has 1 saturated heterocycles. The molecule has 1 fully saturated rings. The van der Waals surface area contributed by atoms with Gasteiger partial charge in [-0.3, -0.25) is 9.45 Å². The molecular weight excluding hydrogens is 448 g/mol. The third-order valence-corrected chi connectivity index (χ3v) is 6.70. The molecule has 0 radical (unpaired) electrons. The van der Waals surface area contributed by atoms with Crippen LogP contribution in [-0.2, 0) is 20.1 Å². The molecule has 0 bridgehead atoms. The van der Waals surface area contributed by atoms with Crippen LogP contribution in [0.2, 0.25) is 0 Å². The van der Waals surface area contributed by atoms with Gasteiger partial charge in [-0.05, 0) is 18.2 Å². The van der Waals surface area contributed by atoms with Crippen molar-refractivity contribution in [2.75, 3.05) is 61.9 Å². The average molecular weight is 473 g/mol. The minimum atomic E-state index is -4.34. The predicted octanol–water partition coefficient (Wildman–Crippen LogP) is -0.567. The Bertz CT molecular complexity index is 1130. The summed E-state index contributed by atoms with van der Waals surface area (Å²) in [7, 11) is -7.50. The number of anilines is 4. The molecule has 2 aromatic rings. The molecule has 3 rings (SSSR count). The number of nitrogens with zero attached hydrogens (tertiary/aromatic N) is 5. The molecule has 0 atom stereocenters. The SMILES string of the molecule is CS(=O)(=O)N1CCN(CCNc2nc(N)nc(Nc3cccc(S(=O)(=O)O)c3)n2)CC1. The molecule has 1 aliphatic heterocycles. The largest absolute Gasteiger partial charge is 0.368 e. The number of hydrogen-bond donors (Lipinski definition) is 4. The summed E-state index contributed by atoms with van der Waals surface area (Å²) in [5.74, 6) is 0.299. The zero-order valence-corrected chi connectivity index (χ0v) is 18.4. The van der Waals surface area contributed by atoms with Crippen LogP contribution in [0.5, 0.6) is 0 Å². The van der Waals surface area contributed by atoms with Crippen molar-refractivity contribution in [3.8, 4) is 0 Å². The summed E-state index contributed by atoms with van der Waals surface area (Å²) in [6.07, 6.45) is 1.21. The lowest BCUT2D eigenvalue weighted by atomic mass is 10.3. The van der Waals surface area contributed by atoms with Gasteiger partial charge >= 0.3 is 0 Å². The second-order valence-corrected chi connectivity index (χ2v) is 10.3. The number of hydrogen-bond acceptors (Lipinski definition) is 11. The van der Waals surface area contributed by atoms with Crippen LogP contribution in [-0.4, -0.2) is 91.1 Å². The highest BCUT2D eigenvalue weighted by atomic mass is 32.2. The van der Waals surface area contributed by atoms with Gasteiger partial charge in [0.1, 0.15) is 0 Å². The van der Waals surface area contributed by atoms with Crippen LogP contribution in [0.3, 0.4) is 0 Å². The van der Waals surface area contributed by atoms with Crippen molar-refractivity contribution in [1.29, 1.82) is 0 Å². The van der Waals surface area contributed by atoms with Crippen molar-refractivity contribution >= 4 is 43.7 Å². The highest BCUT2D eigenvalue weighted by molar-refractivity contribution is 7.88. The first-order chi connectivity index (χ1) is 14.5. The van der Waals surface area contributed by atoms with Crippen LogP contribution in [0, 0.1) is 0 Å². The van der Waals surface area contributed by atoms with E-state index in [1.54, 1.807) is 6.07 Å². The summed E-state index contributed by atoms with van der Waals surface area (Å²) in [4.78, 5) is 14.1. The number of nitrogen functional groups attached to an aromatic ring is 1. The first-order valence-corrected chi connectivity index (χ1v) is 12.6. The second-order valence-electron chi connectivity index (χ2n) is 6.90. The molecule has 1 aromatic heterocycles. The van der Waals surface area contributed by atoms with Gasteiger partial charge in [-0.15, -0.1) is 0 Å². The number of benzene rings is 1. The molecule has 2 heterocycles. The van der Waals surface area contributed by atoms with E-state index in [1.807, 2.05) is 0 Å². The Balaban J connectivity index is 1.57. The zero-order valence-electron chi connectivity index (χ0n) is 16.8. The number of sulfonamides is 1. The van der Waals surface area contributed by atoms with Gasteiger partial charge in [0.2, 0.25) is 27.9 Å². The third kappa shape index (κ3) is 6.70. The van der Waals surface area contributed by atoms with Gasteiger partial charge in [0.15, 0.2) is 0 Å². The quantitative estimate of drug-likeness (QED) is 0.359. The molecule has 15 heteroatoms. The average Bonchev–Trinajstić information content (AvgIpc) is 2.67. The number of aromatic nitrogens is 3. The van der Waals surface area contributed by atoms with Crippen molar-refractivity contribution < 1.29 is 21.4 Å². The van der Waals surface area contributed by atoms with Gasteiger partial charge < -0.3 is 16.4 Å². The number of nitrogens with one attached hydrogen (secondary N) is 2. The van der Waals surface area contributed by atoms with E-state index in [9.17, 15) is 16.8 Å². The van der Waals surface area contributed by atoms with Gasteiger partial charge in [0.05, 0.1) is 11.2 Å². The van der Waals surface area contributed by atoms with E-state index >= 15 is 0 Å². The molecular formula is C16H24N8O5S2. The first kappa shape index (κ1) is 23.1. The van der Waals surface area contributed by atoms with E-state index in [2.05, 4.69) is 30.5 Å². The highest BCUT2D eigenvalue weighted by Crippen LogP contribution is 2.19. The van der Waals surface area contributed by atoms with E-state index in [-0.39, 0.29) is 22.7 Å². The van der Waals surface area contributed by atoms with Gasteiger partial charge in [-0.25, -0.2) is 8.42 Å². The van der Waals surface area contributed by atoms with E-state index in [0.717, 1.165) is 0 Å². The van der Waals surface area contributed by atoms with Crippen LogP contribution in [0.25, 0.3) is 0 Å². The number of nitrogens with two attached hydrogens (primary N) is 1. The fraction of sp³-hybridized carbons (Fsp3) is 0.438. The van der Waals surface area contributed by atoms with Crippen LogP contribution >= 0.6 is 0 Å². The Hall–Kier alpha value is -2.59. The summed E-state index contributed by atoms with van der Waals surface area (Å²) in [6.45, 7) is 3.32. The van der Waals surface area contributed by atoms with Gasteiger partial charge in [-0.2, -0.15) is 27.7 Å². The number of rotatable bonds is 8. The molecule has 13 nitrogen and oxygen atoms in total. The summed E-state index contributed by atoms with van der Waals surface area (Å²) < 4.78 is 56.3. The first-order valence-electron chi connectivity index (χ1n) is 9.28. The predicted molar refractivity (Wildman–Crippen MR) is 115 cm³/mol. The molecule has 1 aromatic carbocycles. The van der Waals surface area contributed by atoms with Crippen molar-refractivity contribution in [3.05, 3.63) is 24.3 Å². The van der Waals surface area contributed by atoms with Gasteiger partial charge in [0, 0.05) is 45.0 Å². The van der Waals surface area contributed by atoms with Gasteiger partial charge in [-0.1, -0.05) is 6.07 Å². The fourth-order valence-electron chi connectivity index (χ4n) is 3.00. The normalized spacial score (nSPS) is 16.2. The maximum Gasteiger partial charge on any atom is 0.294 e. The smallest absolute Gasteiger partial charge is 0.294 e. The van der Waals surface area contributed by atoms with Crippen LogP contribution in [0.4, 0.5) is 23.5 Å². The molecule has 0 saturated carbocycles. The molecule has 31 heavy (non-hydrogen) atoms. The van der Waals surface area contributed by atoms with Crippen LogP contribution in [0.1, 0.15) is 0 Å². The highest BCUT2D eigenvalue weighted by Gasteiger charge is 2.22. The van der Waals surface area contributed by atoms with Crippen LogP contribution < -0.4 is 16.4 Å². The molecule has 170 valence electrons. The minimum absolute atomic E-state index is 0.0345. The molecule has 0 aliphatic carbocycles. The monoisotopic (exact) mass is 472 g/mol. The lowest BCUT2D eigenvalue weighted by molar-refractivity contribution is 0.194. The molecule has 5 N–H and O–H groups in total. The summed E-state index contributed by atoms with van der Waals surface area (Å²) >= 11 is 0. The lowest BCUT2D eigenvalue weighted by Crippen LogP contribution is -2.49. The fourth-order valence-corrected chi connectivity index (χ4v) is 4.35.